The third-order valence-corrected chi connectivity index (χ3v) is 4.40. The highest BCUT2D eigenvalue weighted by Crippen LogP contribution is 2.29. The second kappa shape index (κ2) is 6.65. The van der Waals surface area contributed by atoms with E-state index in [1.807, 2.05) is 0 Å². The third kappa shape index (κ3) is 5.66. The van der Waals surface area contributed by atoms with Crippen molar-refractivity contribution >= 4 is 20.1 Å². The molecular formula is C12H16F3NO5S2. The Kier molecular flexibility index (Phi) is 5.70. The van der Waals surface area contributed by atoms with Gasteiger partial charge in [-0.1, -0.05) is 26.0 Å². The number of alkyl halides is 3. The predicted octanol–water partition coefficient (Wildman–Crippen LogP) is 2.16. The molecule has 23 heavy (non-hydrogen) atoms. The molecule has 0 bridgehead atoms. The molecule has 0 aliphatic heterocycles. The quantitative estimate of drug-likeness (QED) is 0.608. The van der Waals surface area contributed by atoms with Gasteiger partial charge in [-0.15, -0.1) is 0 Å². The van der Waals surface area contributed by atoms with Gasteiger partial charge in [0.1, 0.15) is 5.75 Å². The number of hydrogen-bond acceptors (Lipinski definition) is 5. The lowest BCUT2D eigenvalue weighted by molar-refractivity contribution is -0.0500. The number of nitrogens with one attached hydrogen (secondary N) is 1. The van der Waals surface area contributed by atoms with Gasteiger partial charge in [0.05, 0.1) is 6.26 Å². The van der Waals surface area contributed by atoms with Crippen LogP contribution in [-0.4, -0.2) is 28.6 Å². The average molecular weight is 375 g/mol. The van der Waals surface area contributed by atoms with Crippen LogP contribution in [0, 0.1) is 5.92 Å². The van der Waals surface area contributed by atoms with E-state index < -0.39 is 37.4 Å². The lowest BCUT2D eigenvalue weighted by Crippen LogP contribution is -2.30. The van der Waals surface area contributed by atoms with Crippen LogP contribution in [0.5, 0.6) is 5.75 Å². The predicted molar refractivity (Wildman–Crippen MR) is 77.6 cm³/mol. The summed E-state index contributed by atoms with van der Waals surface area (Å²) in [6, 6.07) is 4.03. The minimum atomic E-state index is -5.74. The van der Waals surface area contributed by atoms with Crippen LogP contribution in [0.1, 0.15) is 25.5 Å². The summed E-state index contributed by atoms with van der Waals surface area (Å²) in [5, 5.41) is 0. The highest BCUT2D eigenvalue weighted by Gasteiger charge is 2.48. The Hall–Kier alpha value is -1.33. The van der Waals surface area contributed by atoms with Crippen LogP contribution in [0.2, 0.25) is 0 Å². The van der Waals surface area contributed by atoms with Gasteiger partial charge in [-0.3, -0.25) is 0 Å². The molecule has 1 rings (SSSR count). The number of sulfonamides is 1. The van der Waals surface area contributed by atoms with Crippen molar-refractivity contribution in [3.05, 3.63) is 29.8 Å². The Morgan fingerprint density at radius 3 is 1.87 bits per heavy atom. The smallest absolute Gasteiger partial charge is 0.376 e. The molecule has 0 aliphatic carbocycles. The maximum absolute atomic E-state index is 12.2. The van der Waals surface area contributed by atoms with Crippen LogP contribution in [0.3, 0.4) is 0 Å². The van der Waals surface area contributed by atoms with Gasteiger partial charge in [0.15, 0.2) is 0 Å². The largest absolute Gasteiger partial charge is 0.534 e. The molecule has 0 aliphatic rings. The molecule has 1 aromatic rings. The summed E-state index contributed by atoms with van der Waals surface area (Å²) in [6.07, 6.45) is 0.982. The monoisotopic (exact) mass is 375 g/mol. The van der Waals surface area contributed by atoms with E-state index in [9.17, 15) is 30.0 Å². The van der Waals surface area contributed by atoms with Crippen molar-refractivity contribution in [2.24, 2.45) is 5.92 Å². The van der Waals surface area contributed by atoms with Gasteiger partial charge in [-0.05, 0) is 23.6 Å². The Balaban J connectivity index is 3.03. The Bertz CT molecular complexity index is 740. The first-order valence-electron chi connectivity index (χ1n) is 6.31. The van der Waals surface area contributed by atoms with Crippen molar-refractivity contribution in [3.8, 4) is 5.75 Å². The van der Waals surface area contributed by atoms with Crippen molar-refractivity contribution in [1.29, 1.82) is 0 Å². The molecule has 1 atom stereocenters. The van der Waals surface area contributed by atoms with Gasteiger partial charge in [-0.2, -0.15) is 21.6 Å². The molecule has 1 aromatic carbocycles. The molecule has 0 radical (unpaired) electrons. The van der Waals surface area contributed by atoms with Crippen molar-refractivity contribution in [2.75, 3.05) is 6.26 Å². The highest BCUT2D eigenvalue weighted by atomic mass is 32.2. The average Bonchev–Trinajstić information content (AvgIpc) is 2.34. The van der Waals surface area contributed by atoms with Crippen molar-refractivity contribution in [1.82, 2.24) is 4.72 Å². The van der Waals surface area contributed by atoms with Crippen LogP contribution in [-0.2, 0) is 20.1 Å². The first-order valence-corrected chi connectivity index (χ1v) is 9.61. The molecule has 11 heteroatoms. The van der Waals surface area contributed by atoms with Gasteiger partial charge in [0, 0.05) is 6.04 Å². The lowest BCUT2D eigenvalue weighted by Gasteiger charge is -2.22. The summed E-state index contributed by atoms with van der Waals surface area (Å²) >= 11 is 0. The normalized spacial score (nSPS) is 14.7. The van der Waals surface area contributed by atoms with Crippen LogP contribution < -0.4 is 8.91 Å². The molecule has 0 saturated carbocycles. The second-order valence-corrected chi connectivity index (χ2v) is 8.48. The maximum atomic E-state index is 12.2. The first-order chi connectivity index (χ1) is 10.2. The van der Waals surface area contributed by atoms with Gasteiger partial charge in [-0.25, -0.2) is 13.1 Å². The molecule has 6 nitrogen and oxygen atoms in total. The van der Waals surface area contributed by atoms with E-state index in [1.165, 1.54) is 12.1 Å². The number of rotatable bonds is 6. The molecule has 0 amide bonds. The summed E-state index contributed by atoms with van der Waals surface area (Å²) in [6.45, 7) is 3.50. The minimum absolute atomic E-state index is 0.143. The van der Waals surface area contributed by atoms with Gasteiger partial charge < -0.3 is 4.18 Å². The third-order valence-electron chi connectivity index (χ3n) is 2.74. The van der Waals surface area contributed by atoms with Gasteiger partial charge in [0.2, 0.25) is 10.0 Å². The van der Waals surface area contributed by atoms with Crippen LogP contribution in [0.25, 0.3) is 0 Å². The van der Waals surface area contributed by atoms with E-state index in [0.717, 1.165) is 18.4 Å². The zero-order valence-corrected chi connectivity index (χ0v) is 14.1. The number of hydrogen-bond donors (Lipinski definition) is 1. The molecule has 0 aromatic heterocycles. The second-order valence-electron chi connectivity index (χ2n) is 5.16. The van der Waals surface area contributed by atoms with Crippen LogP contribution in [0.15, 0.2) is 24.3 Å². The molecule has 0 fully saturated rings. The van der Waals surface area contributed by atoms with E-state index >= 15 is 0 Å². The topological polar surface area (TPSA) is 89.5 Å². The molecule has 0 saturated heterocycles. The van der Waals surface area contributed by atoms with E-state index in [0.29, 0.717) is 5.56 Å². The fraction of sp³-hybridized carbons (Fsp3) is 0.500. The lowest BCUT2D eigenvalue weighted by atomic mass is 9.97. The zero-order chi connectivity index (χ0) is 18.1. The van der Waals surface area contributed by atoms with Crippen LogP contribution >= 0.6 is 0 Å². The summed E-state index contributed by atoms with van der Waals surface area (Å²) in [7, 11) is -9.24. The Labute approximate surface area is 132 Å². The summed E-state index contributed by atoms with van der Waals surface area (Å²) in [4.78, 5) is 0. The van der Waals surface area contributed by atoms with Crippen molar-refractivity contribution < 1.29 is 34.2 Å². The Morgan fingerprint density at radius 1 is 1.04 bits per heavy atom. The molecule has 1 N–H and O–H groups in total. The standard InChI is InChI=1S/C12H16F3NO5S2/c1-8(2)11(16-22(3,17)18)9-4-6-10(7-5-9)21-23(19,20)12(13,14)15/h4-8,11,16H,1-3H3. The SMILES string of the molecule is CC(C)C(NS(C)(=O)=O)c1ccc(OS(=O)(=O)C(F)(F)F)cc1. The van der Waals surface area contributed by atoms with Crippen molar-refractivity contribution in [2.45, 2.75) is 25.4 Å². The Morgan fingerprint density at radius 2 is 1.52 bits per heavy atom. The van der Waals surface area contributed by atoms with Crippen LogP contribution in [0.4, 0.5) is 13.2 Å². The molecule has 132 valence electrons. The summed E-state index contributed by atoms with van der Waals surface area (Å²) < 4.78 is 87.5. The molecule has 0 heterocycles. The molecule has 0 spiro atoms. The summed E-state index contributed by atoms with van der Waals surface area (Å²) in [5.41, 5.74) is -5.06. The van der Waals surface area contributed by atoms with E-state index in [-0.39, 0.29) is 5.92 Å². The van der Waals surface area contributed by atoms with Gasteiger partial charge >= 0.3 is 15.6 Å². The number of benzene rings is 1. The van der Waals surface area contributed by atoms with E-state index in [4.69, 9.17) is 0 Å². The highest BCUT2D eigenvalue weighted by molar-refractivity contribution is 7.88. The van der Waals surface area contributed by atoms with E-state index in [2.05, 4.69) is 8.91 Å². The fourth-order valence-electron chi connectivity index (χ4n) is 1.72. The summed E-state index contributed by atoms with van der Waals surface area (Å²) in [5.74, 6) is -0.664. The molecular weight excluding hydrogens is 359 g/mol. The van der Waals surface area contributed by atoms with E-state index in [1.54, 1.807) is 13.8 Å². The zero-order valence-electron chi connectivity index (χ0n) is 12.5. The molecule has 1 unspecified atom stereocenters. The minimum Gasteiger partial charge on any atom is -0.376 e. The number of halogens is 3. The fourth-order valence-corrected chi connectivity index (χ4v) is 3.05. The van der Waals surface area contributed by atoms with Gasteiger partial charge in [0.25, 0.3) is 0 Å². The first kappa shape index (κ1) is 19.7. The maximum Gasteiger partial charge on any atom is 0.534 e. The van der Waals surface area contributed by atoms with Crippen molar-refractivity contribution in [3.63, 3.8) is 0 Å².